The number of para-hydroxylation sites is 1. The number of aliphatic imine (C=N–C) groups is 1. The predicted molar refractivity (Wildman–Crippen MR) is 102 cm³/mol. The molecule has 1 fully saturated rings. The van der Waals surface area contributed by atoms with E-state index >= 15 is 0 Å². The molecule has 1 aliphatic rings. The normalized spacial score (nSPS) is 17.7. The number of thioether (sulfide) groups is 1. The highest BCUT2D eigenvalue weighted by Crippen LogP contribution is 2.25. The van der Waals surface area contributed by atoms with Crippen molar-refractivity contribution in [1.29, 1.82) is 0 Å². The van der Waals surface area contributed by atoms with Crippen LogP contribution in [0.3, 0.4) is 0 Å². The molecule has 0 radical (unpaired) electrons. The first-order valence-corrected chi connectivity index (χ1v) is 8.32. The zero-order valence-electron chi connectivity index (χ0n) is 12.9. The Morgan fingerprint density at radius 1 is 1.39 bits per heavy atom. The van der Waals surface area contributed by atoms with E-state index in [1.54, 1.807) is 25.2 Å². The Morgan fingerprint density at radius 2 is 2.17 bits per heavy atom. The molecule has 1 aliphatic heterocycles. The summed E-state index contributed by atoms with van der Waals surface area (Å²) in [4.78, 5) is 4.15. The SMILES string of the molecule is CN=C(NCc1ccccc1OC(F)F)NCC1CCCS1.I. The van der Waals surface area contributed by atoms with Crippen LogP contribution in [0.4, 0.5) is 8.78 Å². The molecule has 8 heteroatoms. The summed E-state index contributed by atoms with van der Waals surface area (Å²) in [7, 11) is 1.69. The summed E-state index contributed by atoms with van der Waals surface area (Å²) in [5, 5.41) is 7.02. The highest BCUT2D eigenvalue weighted by Gasteiger charge is 2.15. The Balaban J connectivity index is 0.00000264. The molecule has 0 bridgehead atoms. The minimum Gasteiger partial charge on any atom is -0.434 e. The fraction of sp³-hybridized carbons (Fsp3) is 0.533. The number of rotatable bonds is 6. The number of nitrogens with zero attached hydrogens (tertiary/aromatic N) is 1. The van der Waals surface area contributed by atoms with Crippen molar-refractivity contribution in [1.82, 2.24) is 10.6 Å². The van der Waals surface area contributed by atoms with Gasteiger partial charge in [-0.1, -0.05) is 18.2 Å². The van der Waals surface area contributed by atoms with E-state index in [1.807, 2.05) is 11.8 Å². The Morgan fingerprint density at radius 3 is 2.83 bits per heavy atom. The molecule has 2 N–H and O–H groups in total. The van der Waals surface area contributed by atoms with Gasteiger partial charge in [-0.2, -0.15) is 20.5 Å². The molecule has 0 aliphatic carbocycles. The van der Waals surface area contributed by atoms with Crippen molar-refractivity contribution in [3.05, 3.63) is 29.8 Å². The van der Waals surface area contributed by atoms with Crippen LogP contribution < -0.4 is 15.4 Å². The van der Waals surface area contributed by atoms with E-state index in [4.69, 9.17) is 0 Å². The molecule has 2 rings (SSSR count). The molecule has 130 valence electrons. The summed E-state index contributed by atoms with van der Waals surface area (Å²) in [6, 6.07) is 6.76. The highest BCUT2D eigenvalue weighted by molar-refractivity contribution is 14.0. The van der Waals surface area contributed by atoms with E-state index in [1.165, 1.54) is 24.7 Å². The summed E-state index contributed by atoms with van der Waals surface area (Å²) in [5.74, 6) is 2.07. The second-order valence-electron chi connectivity index (χ2n) is 4.93. The van der Waals surface area contributed by atoms with Crippen molar-refractivity contribution < 1.29 is 13.5 Å². The lowest BCUT2D eigenvalue weighted by atomic mass is 10.2. The van der Waals surface area contributed by atoms with Gasteiger partial charge in [-0.05, 0) is 24.7 Å². The maximum Gasteiger partial charge on any atom is 0.387 e. The number of hydrogen-bond acceptors (Lipinski definition) is 3. The molecule has 1 aromatic carbocycles. The van der Waals surface area contributed by atoms with Gasteiger partial charge in [0, 0.05) is 31.0 Å². The Bertz CT molecular complexity index is 499. The van der Waals surface area contributed by atoms with Gasteiger partial charge in [-0.3, -0.25) is 4.99 Å². The van der Waals surface area contributed by atoms with Gasteiger partial charge >= 0.3 is 6.61 Å². The van der Waals surface area contributed by atoms with E-state index in [2.05, 4.69) is 20.4 Å². The van der Waals surface area contributed by atoms with Gasteiger partial charge in [0.1, 0.15) is 5.75 Å². The van der Waals surface area contributed by atoms with E-state index in [9.17, 15) is 8.78 Å². The zero-order chi connectivity index (χ0) is 15.8. The smallest absolute Gasteiger partial charge is 0.387 e. The number of hydrogen-bond donors (Lipinski definition) is 2. The van der Waals surface area contributed by atoms with Crippen LogP contribution in [0.1, 0.15) is 18.4 Å². The van der Waals surface area contributed by atoms with Gasteiger partial charge in [0.15, 0.2) is 5.96 Å². The third kappa shape index (κ3) is 7.11. The Labute approximate surface area is 156 Å². The van der Waals surface area contributed by atoms with E-state index < -0.39 is 6.61 Å². The van der Waals surface area contributed by atoms with Crippen molar-refractivity contribution in [3.8, 4) is 5.75 Å². The molecule has 1 saturated heterocycles. The van der Waals surface area contributed by atoms with E-state index in [0.29, 0.717) is 23.3 Å². The van der Waals surface area contributed by atoms with Crippen LogP contribution in [0.2, 0.25) is 0 Å². The average molecular weight is 457 g/mol. The maximum atomic E-state index is 12.4. The van der Waals surface area contributed by atoms with Crippen LogP contribution >= 0.6 is 35.7 Å². The molecule has 1 heterocycles. The summed E-state index contributed by atoms with van der Waals surface area (Å²) in [6.45, 7) is -1.59. The molecule has 1 unspecified atom stereocenters. The first-order valence-electron chi connectivity index (χ1n) is 7.28. The molecule has 1 atom stereocenters. The molecule has 1 aromatic rings. The van der Waals surface area contributed by atoms with Gasteiger partial charge in [0.05, 0.1) is 0 Å². The minimum atomic E-state index is -2.82. The molecular weight excluding hydrogens is 435 g/mol. The molecule has 0 saturated carbocycles. The second kappa shape index (κ2) is 10.9. The van der Waals surface area contributed by atoms with Crippen LogP contribution in [0.15, 0.2) is 29.3 Å². The van der Waals surface area contributed by atoms with Crippen molar-refractivity contribution in [2.75, 3.05) is 19.3 Å². The summed E-state index contributed by atoms with van der Waals surface area (Å²) < 4.78 is 29.3. The van der Waals surface area contributed by atoms with Gasteiger partial charge < -0.3 is 15.4 Å². The van der Waals surface area contributed by atoms with Crippen molar-refractivity contribution in [2.24, 2.45) is 4.99 Å². The zero-order valence-corrected chi connectivity index (χ0v) is 16.1. The number of nitrogens with one attached hydrogen (secondary N) is 2. The van der Waals surface area contributed by atoms with Crippen molar-refractivity contribution in [3.63, 3.8) is 0 Å². The summed E-state index contributed by atoms with van der Waals surface area (Å²) >= 11 is 1.97. The van der Waals surface area contributed by atoms with E-state index in [-0.39, 0.29) is 29.7 Å². The van der Waals surface area contributed by atoms with Gasteiger partial charge in [0.2, 0.25) is 0 Å². The molecule has 4 nitrogen and oxygen atoms in total. The first-order chi connectivity index (χ1) is 10.7. The largest absolute Gasteiger partial charge is 0.434 e. The van der Waals surface area contributed by atoms with Crippen LogP contribution in [-0.4, -0.2) is 37.2 Å². The number of benzene rings is 1. The standard InChI is InChI=1S/C15H21F2N3OS.HI/c1-18-15(20-10-12-6-4-8-22-12)19-9-11-5-2-3-7-13(11)21-14(16)17;/h2-3,5,7,12,14H,4,6,8-10H2,1H3,(H2,18,19,20);1H. The monoisotopic (exact) mass is 457 g/mol. The third-order valence-electron chi connectivity index (χ3n) is 3.38. The lowest BCUT2D eigenvalue weighted by Gasteiger charge is -2.16. The summed E-state index contributed by atoms with van der Waals surface area (Å²) in [5.41, 5.74) is 0.668. The highest BCUT2D eigenvalue weighted by atomic mass is 127. The molecule has 23 heavy (non-hydrogen) atoms. The third-order valence-corrected chi connectivity index (χ3v) is 4.78. The fourth-order valence-corrected chi connectivity index (χ4v) is 3.48. The van der Waals surface area contributed by atoms with Crippen LogP contribution in [0, 0.1) is 0 Å². The number of halogens is 3. The van der Waals surface area contributed by atoms with Crippen LogP contribution in [0.25, 0.3) is 0 Å². The molecule has 0 aromatic heterocycles. The first kappa shape index (κ1) is 20.3. The Kier molecular flexibility index (Phi) is 9.61. The summed E-state index contributed by atoms with van der Waals surface area (Å²) in [6.07, 6.45) is 2.49. The minimum absolute atomic E-state index is 0. The van der Waals surface area contributed by atoms with Gasteiger partial charge in [0.25, 0.3) is 0 Å². The maximum absolute atomic E-state index is 12.4. The topological polar surface area (TPSA) is 45.7 Å². The Hall–Kier alpha value is -0.770. The van der Waals surface area contributed by atoms with E-state index in [0.717, 1.165) is 6.54 Å². The van der Waals surface area contributed by atoms with Gasteiger partial charge in [-0.25, -0.2) is 0 Å². The quantitative estimate of drug-likeness (QED) is 0.390. The lowest BCUT2D eigenvalue weighted by Crippen LogP contribution is -2.39. The molecular formula is C15H22F2IN3OS. The van der Waals surface area contributed by atoms with Gasteiger partial charge in [-0.15, -0.1) is 24.0 Å². The van der Waals surface area contributed by atoms with Crippen LogP contribution in [-0.2, 0) is 6.54 Å². The van der Waals surface area contributed by atoms with Crippen molar-refractivity contribution >= 4 is 41.7 Å². The predicted octanol–water partition coefficient (Wildman–Crippen LogP) is 3.47. The number of ether oxygens (including phenoxy) is 1. The molecule has 0 amide bonds. The molecule has 0 spiro atoms. The number of alkyl halides is 2. The lowest BCUT2D eigenvalue weighted by molar-refractivity contribution is -0.0504. The fourth-order valence-electron chi connectivity index (χ4n) is 2.28. The average Bonchev–Trinajstić information content (AvgIpc) is 3.01. The van der Waals surface area contributed by atoms with Crippen LogP contribution in [0.5, 0.6) is 5.75 Å². The van der Waals surface area contributed by atoms with Crippen molar-refractivity contribution in [2.45, 2.75) is 31.2 Å². The number of guanidine groups is 1. The second-order valence-corrected chi connectivity index (χ2v) is 6.34.